The number of anilines is 1. The molecule has 3 aromatic rings. The maximum atomic E-state index is 13.7. The Balaban J connectivity index is 1.73. The molecule has 7 nitrogen and oxygen atoms in total. The van der Waals surface area contributed by atoms with Gasteiger partial charge in [0.05, 0.1) is 35.8 Å². The van der Waals surface area contributed by atoms with Crippen LogP contribution in [0.3, 0.4) is 0 Å². The van der Waals surface area contributed by atoms with Gasteiger partial charge < -0.3 is 10.4 Å². The van der Waals surface area contributed by atoms with E-state index in [0.29, 0.717) is 17.3 Å². The van der Waals surface area contributed by atoms with Gasteiger partial charge in [-0.25, -0.2) is 4.98 Å². The van der Waals surface area contributed by atoms with E-state index in [4.69, 9.17) is 0 Å². The highest BCUT2D eigenvalue weighted by Gasteiger charge is 2.61. The molecule has 1 aromatic carbocycles. The normalized spacial score (nSPS) is 19.7. The zero-order valence-corrected chi connectivity index (χ0v) is 16.7. The molecule has 0 aliphatic carbocycles. The number of rotatable bonds is 3. The molecule has 0 fully saturated rings. The van der Waals surface area contributed by atoms with Crippen LogP contribution < -0.4 is 5.32 Å². The maximum absolute atomic E-state index is 13.7. The molecule has 174 valence electrons. The number of carbonyl (C=O) groups excluding carboxylic acids is 1. The summed E-state index contributed by atoms with van der Waals surface area (Å²) in [5.74, 6) is -2.22. The maximum Gasteiger partial charge on any atom is 0.434 e. The average Bonchev–Trinajstić information content (AvgIpc) is 3.16. The third-order valence-electron chi connectivity index (χ3n) is 5.41. The number of aromatic nitrogens is 4. The van der Waals surface area contributed by atoms with Crippen molar-refractivity contribution in [3.8, 4) is 11.3 Å². The lowest BCUT2D eigenvalue weighted by Crippen LogP contribution is -2.48. The second-order valence-electron chi connectivity index (χ2n) is 7.58. The van der Waals surface area contributed by atoms with Crippen molar-refractivity contribution in [2.45, 2.75) is 37.2 Å². The molecule has 1 aliphatic heterocycles. The highest BCUT2D eigenvalue weighted by atomic mass is 19.4. The molecular formula is C20H15F6N5O2. The van der Waals surface area contributed by atoms with Gasteiger partial charge in [0.2, 0.25) is 5.91 Å². The minimum atomic E-state index is -5.14. The van der Waals surface area contributed by atoms with Gasteiger partial charge in [0.1, 0.15) is 0 Å². The molecule has 33 heavy (non-hydrogen) atoms. The van der Waals surface area contributed by atoms with Crippen LogP contribution in [0, 0.1) is 0 Å². The van der Waals surface area contributed by atoms with Gasteiger partial charge in [0.25, 0.3) is 0 Å². The number of aliphatic hydroxyl groups is 1. The molecule has 2 aromatic heterocycles. The largest absolute Gasteiger partial charge is 0.434 e. The van der Waals surface area contributed by atoms with Crippen LogP contribution in [0.5, 0.6) is 0 Å². The van der Waals surface area contributed by atoms with Crippen LogP contribution in [0.2, 0.25) is 0 Å². The molecule has 3 N–H and O–H groups in total. The summed E-state index contributed by atoms with van der Waals surface area (Å²) in [5.41, 5.74) is -4.27. The topological polar surface area (TPSA) is 104 Å². The van der Waals surface area contributed by atoms with Crippen LogP contribution in [0.15, 0.2) is 36.7 Å². The monoisotopic (exact) mass is 471 g/mol. The predicted octanol–water partition coefficient (Wildman–Crippen LogP) is 4.13. The number of alkyl halides is 6. The fourth-order valence-corrected chi connectivity index (χ4v) is 3.67. The summed E-state index contributed by atoms with van der Waals surface area (Å²) in [5, 5.41) is 18.9. The first-order valence-electron chi connectivity index (χ1n) is 9.48. The molecule has 13 heteroatoms. The van der Waals surface area contributed by atoms with Crippen LogP contribution in [-0.2, 0) is 16.6 Å². The zero-order valence-electron chi connectivity index (χ0n) is 16.7. The first-order valence-corrected chi connectivity index (χ1v) is 9.48. The Bertz CT molecular complexity index is 1200. The number of fused-ring (bicyclic) bond motifs is 1. The Morgan fingerprint density at radius 2 is 1.85 bits per heavy atom. The van der Waals surface area contributed by atoms with Crippen LogP contribution in [0.25, 0.3) is 11.3 Å². The number of carbonyl (C=O) groups is 1. The van der Waals surface area contributed by atoms with Crippen molar-refractivity contribution in [1.29, 1.82) is 0 Å². The minimum Gasteiger partial charge on any atom is -0.376 e. The van der Waals surface area contributed by atoms with Crippen molar-refractivity contribution in [3.63, 3.8) is 0 Å². The van der Waals surface area contributed by atoms with Gasteiger partial charge in [0, 0.05) is 11.5 Å². The number of hydrogen-bond donors (Lipinski definition) is 3. The molecule has 4 rings (SSSR count). The molecule has 2 atom stereocenters. The first kappa shape index (κ1) is 22.7. The third-order valence-corrected chi connectivity index (χ3v) is 5.41. The minimum absolute atomic E-state index is 0.0690. The molecule has 1 amide bonds. The summed E-state index contributed by atoms with van der Waals surface area (Å²) in [6.07, 6.45) is -9.48. The van der Waals surface area contributed by atoms with E-state index >= 15 is 0 Å². The number of benzene rings is 1. The van der Waals surface area contributed by atoms with Crippen molar-refractivity contribution in [3.05, 3.63) is 59.2 Å². The number of hydrogen-bond acceptors (Lipinski definition) is 5. The van der Waals surface area contributed by atoms with Crippen molar-refractivity contribution in [2.75, 3.05) is 5.32 Å². The van der Waals surface area contributed by atoms with Gasteiger partial charge >= 0.3 is 12.4 Å². The summed E-state index contributed by atoms with van der Waals surface area (Å²) in [7, 11) is 0. The number of amides is 1. The van der Waals surface area contributed by atoms with E-state index in [1.54, 1.807) is 25.1 Å². The summed E-state index contributed by atoms with van der Waals surface area (Å²) >= 11 is 0. The van der Waals surface area contributed by atoms with Gasteiger partial charge in [-0.1, -0.05) is 25.1 Å². The lowest BCUT2D eigenvalue weighted by molar-refractivity contribution is -0.267. The number of halogens is 6. The SMILES string of the molecule is CC(c1cccc(-c2cnc(C(F)(F)F)cn2)c1)c1[nH]nc2c1C(O)(C(F)(F)F)CC(=O)N2. The molecule has 2 unspecified atom stereocenters. The van der Waals surface area contributed by atoms with Gasteiger partial charge in [0.15, 0.2) is 17.1 Å². The number of nitrogens with one attached hydrogen (secondary N) is 2. The van der Waals surface area contributed by atoms with E-state index in [9.17, 15) is 36.2 Å². The smallest absolute Gasteiger partial charge is 0.376 e. The second-order valence-corrected chi connectivity index (χ2v) is 7.58. The molecule has 1 aliphatic rings. The molecule has 0 bridgehead atoms. The average molecular weight is 471 g/mol. The van der Waals surface area contributed by atoms with Gasteiger partial charge in [-0.3, -0.25) is 14.9 Å². The number of H-pyrrole nitrogens is 1. The van der Waals surface area contributed by atoms with E-state index in [1.165, 1.54) is 6.07 Å². The zero-order chi connectivity index (χ0) is 24.2. The van der Waals surface area contributed by atoms with E-state index in [1.807, 2.05) is 0 Å². The molecule has 3 heterocycles. The Kier molecular flexibility index (Phi) is 5.19. The second kappa shape index (κ2) is 7.54. The quantitative estimate of drug-likeness (QED) is 0.499. The fraction of sp³-hybridized carbons (Fsp3) is 0.300. The van der Waals surface area contributed by atoms with Crippen LogP contribution >= 0.6 is 0 Å². The van der Waals surface area contributed by atoms with Crippen LogP contribution in [-0.4, -0.2) is 37.4 Å². The van der Waals surface area contributed by atoms with Gasteiger partial charge in [-0.05, 0) is 11.6 Å². The predicted molar refractivity (Wildman–Crippen MR) is 102 cm³/mol. The third kappa shape index (κ3) is 3.92. The lowest BCUT2D eigenvalue weighted by Gasteiger charge is -2.34. The Labute approximate surface area is 181 Å². The highest BCUT2D eigenvalue weighted by molar-refractivity contribution is 5.94. The standard InChI is InChI=1S/C20H15F6N5O2/c1-9(16-15-17(31-30-16)29-14(32)6-18(15,33)20(24,25)26)10-3-2-4-11(5-10)12-7-28-13(8-27-12)19(21,22)23/h2-5,7-9,33H,6H2,1H3,(H2,29,30,31,32). The van der Waals surface area contributed by atoms with Crippen molar-refractivity contribution in [1.82, 2.24) is 20.2 Å². The Hall–Kier alpha value is -3.48. The summed E-state index contributed by atoms with van der Waals surface area (Å²) in [6, 6.07) is 6.24. The van der Waals surface area contributed by atoms with Gasteiger partial charge in [-0.15, -0.1) is 0 Å². The summed E-state index contributed by atoms with van der Waals surface area (Å²) < 4.78 is 79.4. The fourth-order valence-electron chi connectivity index (χ4n) is 3.67. The Morgan fingerprint density at radius 1 is 1.12 bits per heavy atom. The molecule has 0 saturated heterocycles. The van der Waals surface area contributed by atoms with Crippen molar-refractivity contribution >= 4 is 11.7 Å². The summed E-state index contributed by atoms with van der Waals surface area (Å²) in [6.45, 7) is 1.55. The van der Waals surface area contributed by atoms with E-state index in [-0.39, 0.29) is 11.4 Å². The van der Waals surface area contributed by atoms with E-state index < -0.39 is 53.3 Å². The molecule has 0 radical (unpaired) electrons. The summed E-state index contributed by atoms with van der Waals surface area (Å²) in [4.78, 5) is 18.8. The first-order chi connectivity index (χ1) is 15.3. The highest BCUT2D eigenvalue weighted by Crippen LogP contribution is 2.49. The van der Waals surface area contributed by atoms with E-state index in [0.717, 1.165) is 6.20 Å². The molecule has 0 saturated carbocycles. The molecular weight excluding hydrogens is 456 g/mol. The van der Waals surface area contributed by atoms with E-state index in [2.05, 4.69) is 25.5 Å². The number of nitrogens with zero attached hydrogens (tertiary/aromatic N) is 3. The number of aromatic amines is 1. The molecule has 0 spiro atoms. The van der Waals surface area contributed by atoms with Crippen molar-refractivity contribution < 1.29 is 36.2 Å². The lowest BCUT2D eigenvalue weighted by atomic mass is 9.82. The van der Waals surface area contributed by atoms with Crippen molar-refractivity contribution in [2.24, 2.45) is 0 Å². The van der Waals surface area contributed by atoms with Crippen LogP contribution in [0.4, 0.5) is 32.2 Å². The van der Waals surface area contributed by atoms with Gasteiger partial charge in [-0.2, -0.15) is 31.4 Å². The Morgan fingerprint density at radius 3 is 2.45 bits per heavy atom. The van der Waals surface area contributed by atoms with Crippen LogP contribution in [0.1, 0.15) is 41.8 Å².